The Labute approximate surface area is 120 Å². The van der Waals surface area contributed by atoms with Crippen LogP contribution in [0.3, 0.4) is 0 Å². The number of nitrogens with one attached hydrogen (secondary N) is 1. The molecule has 1 fully saturated rings. The molecule has 1 N–H and O–H groups in total. The number of rotatable bonds is 3. The SMILES string of the molecule is COc1ccc2c(NC3CCC(C)C3C)nccc2c1. The van der Waals surface area contributed by atoms with Gasteiger partial charge in [0, 0.05) is 17.6 Å². The van der Waals surface area contributed by atoms with Gasteiger partial charge >= 0.3 is 0 Å². The third kappa shape index (κ3) is 2.33. The third-order valence-corrected chi connectivity index (χ3v) is 4.76. The lowest BCUT2D eigenvalue weighted by Crippen LogP contribution is -2.24. The van der Waals surface area contributed by atoms with Crippen LogP contribution in [0.25, 0.3) is 10.8 Å². The van der Waals surface area contributed by atoms with Crippen molar-refractivity contribution in [2.75, 3.05) is 12.4 Å². The molecule has 1 saturated carbocycles. The van der Waals surface area contributed by atoms with E-state index in [0.29, 0.717) is 12.0 Å². The molecular formula is C17H22N2O. The number of fused-ring (bicyclic) bond motifs is 1. The van der Waals surface area contributed by atoms with E-state index in [1.54, 1.807) is 7.11 Å². The summed E-state index contributed by atoms with van der Waals surface area (Å²) < 4.78 is 5.29. The van der Waals surface area contributed by atoms with Gasteiger partial charge in [0.1, 0.15) is 11.6 Å². The summed E-state index contributed by atoms with van der Waals surface area (Å²) in [6, 6.07) is 8.71. The first kappa shape index (κ1) is 13.2. The lowest BCUT2D eigenvalue weighted by atomic mass is 9.97. The molecule has 0 radical (unpaired) electrons. The molecule has 1 aromatic carbocycles. The topological polar surface area (TPSA) is 34.1 Å². The van der Waals surface area contributed by atoms with Crippen molar-refractivity contribution < 1.29 is 4.74 Å². The monoisotopic (exact) mass is 270 g/mol. The molecule has 0 aliphatic heterocycles. The minimum atomic E-state index is 0.533. The molecule has 3 unspecified atom stereocenters. The molecule has 3 rings (SSSR count). The van der Waals surface area contributed by atoms with E-state index in [-0.39, 0.29) is 0 Å². The molecule has 1 heterocycles. The van der Waals surface area contributed by atoms with E-state index in [0.717, 1.165) is 17.5 Å². The van der Waals surface area contributed by atoms with Crippen molar-refractivity contribution in [3.8, 4) is 5.75 Å². The number of methoxy groups -OCH3 is 1. The van der Waals surface area contributed by atoms with Crippen molar-refractivity contribution in [2.24, 2.45) is 11.8 Å². The molecule has 2 aromatic rings. The number of pyridine rings is 1. The van der Waals surface area contributed by atoms with Gasteiger partial charge in [0.15, 0.2) is 0 Å². The number of hydrogen-bond acceptors (Lipinski definition) is 3. The lowest BCUT2D eigenvalue weighted by Gasteiger charge is -2.21. The Bertz CT molecular complexity index is 611. The van der Waals surface area contributed by atoms with Crippen molar-refractivity contribution in [1.82, 2.24) is 4.98 Å². The smallest absolute Gasteiger partial charge is 0.134 e. The second kappa shape index (κ2) is 5.31. The van der Waals surface area contributed by atoms with Crippen molar-refractivity contribution in [1.29, 1.82) is 0 Å². The molecule has 106 valence electrons. The van der Waals surface area contributed by atoms with Gasteiger partial charge in [-0.2, -0.15) is 0 Å². The molecule has 0 bridgehead atoms. The normalized spacial score (nSPS) is 25.9. The molecule has 0 saturated heterocycles. The van der Waals surface area contributed by atoms with Crippen LogP contribution in [0.5, 0.6) is 5.75 Å². The highest BCUT2D eigenvalue weighted by atomic mass is 16.5. The lowest BCUT2D eigenvalue weighted by molar-refractivity contribution is 0.415. The van der Waals surface area contributed by atoms with E-state index in [1.807, 2.05) is 18.3 Å². The minimum absolute atomic E-state index is 0.533. The first-order chi connectivity index (χ1) is 9.69. The molecule has 3 heteroatoms. The van der Waals surface area contributed by atoms with Crippen LogP contribution in [-0.4, -0.2) is 18.1 Å². The molecule has 20 heavy (non-hydrogen) atoms. The number of ether oxygens (including phenoxy) is 1. The fourth-order valence-corrected chi connectivity index (χ4v) is 3.14. The molecule has 3 nitrogen and oxygen atoms in total. The Balaban J connectivity index is 1.92. The number of anilines is 1. The maximum absolute atomic E-state index is 5.29. The fourth-order valence-electron chi connectivity index (χ4n) is 3.14. The average molecular weight is 270 g/mol. The largest absolute Gasteiger partial charge is 0.497 e. The van der Waals surface area contributed by atoms with Crippen LogP contribution in [-0.2, 0) is 0 Å². The summed E-state index contributed by atoms with van der Waals surface area (Å²) in [7, 11) is 1.70. The zero-order valence-electron chi connectivity index (χ0n) is 12.4. The minimum Gasteiger partial charge on any atom is -0.497 e. The summed E-state index contributed by atoms with van der Waals surface area (Å²) in [5.41, 5.74) is 0. The van der Waals surface area contributed by atoms with Crippen molar-refractivity contribution >= 4 is 16.6 Å². The Morgan fingerprint density at radius 2 is 2.05 bits per heavy atom. The van der Waals surface area contributed by atoms with E-state index >= 15 is 0 Å². The second-order valence-corrected chi connectivity index (χ2v) is 5.91. The van der Waals surface area contributed by atoms with Crippen LogP contribution in [0.4, 0.5) is 5.82 Å². The summed E-state index contributed by atoms with van der Waals surface area (Å²) in [5.74, 6) is 3.38. The fraction of sp³-hybridized carbons (Fsp3) is 0.471. The first-order valence-electron chi connectivity index (χ1n) is 7.38. The van der Waals surface area contributed by atoms with Gasteiger partial charge in [-0.1, -0.05) is 13.8 Å². The molecule has 1 aromatic heterocycles. The van der Waals surface area contributed by atoms with Crippen LogP contribution in [0.15, 0.2) is 30.5 Å². The van der Waals surface area contributed by atoms with E-state index in [4.69, 9.17) is 4.74 Å². The predicted molar refractivity (Wildman–Crippen MR) is 83.3 cm³/mol. The van der Waals surface area contributed by atoms with Gasteiger partial charge in [0.05, 0.1) is 7.11 Å². The van der Waals surface area contributed by atoms with E-state index < -0.39 is 0 Å². The Morgan fingerprint density at radius 3 is 2.75 bits per heavy atom. The quantitative estimate of drug-likeness (QED) is 0.912. The molecule has 3 atom stereocenters. The van der Waals surface area contributed by atoms with Crippen molar-refractivity contribution in [2.45, 2.75) is 32.7 Å². The number of aromatic nitrogens is 1. The number of hydrogen-bond donors (Lipinski definition) is 1. The van der Waals surface area contributed by atoms with Gasteiger partial charge in [-0.05, 0) is 54.3 Å². The summed E-state index contributed by atoms with van der Waals surface area (Å²) in [5, 5.41) is 5.98. The molecular weight excluding hydrogens is 248 g/mol. The van der Waals surface area contributed by atoms with E-state index in [2.05, 4.69) is 36.3 Å². The van der Waals surface area contributed by atoms with Gasteiger partial charge < -0.3 is 10.1 Å². The van der Waals surface area contributed by atoms with Crippen LogP contribution >= 0.6 is 0 Å². The number of benzene rings is 1. The molecule has 1 aliphatic rings. The highest BCUT2D eigenvalue weighted by Gasteiger charge is 2.29. The van der Waals surface area contributed by atoms with Crippen molar-refractivity contribution in [3.63, 3.8) is 0 Å². The first-order valence-corrected chi connectivity index (χ1v) is 7.38. The highest BCUT2D eigenvalue weighted by Crippen LogP contribution is 2.34. The van der Waals surface area contributed by atoms with Gasteiger partial charge in [-0.25, -0.2) is 4.98 Å². The van der Waals surface area contributed by atoms with Gasteiger partial charge in [-0.3, -0.25) is 0 Å². The zero-order chi connectivity index (χ0) is 14.1. The Hall–Kier alpha value is -1.77. The van der Waals surface area contributed by atoms with Crippen LogP contribution < -0.4 is 10.1 Å². The van der Waals surface area contributed by atoms with Gasteiger partial charge in [-0.15, -0.1) is 0 Å². The molecule has 0 spiro atoms. The van der Waals surface area contributed by atoms with Crippen molar-refractivity contribution in [3.05, 3.63) is 30.5 Å². The summed E-state index contributed by atoms with van der Waals surface area (Å²) >= 11 is 0. The maximum atomic E-state index is 5.29. The van der Waals surface area contributed by atoms with Gasteiger partial charge in [0.25, 0.3) is 0 Å². The van der Waals surface area contributed by atoms with Crippen LogP contribution in [0, 0.1) is 11.8 Å². The second-order valence-electron chi connectivity index (χ2n) is 5.91. The summed E-state index contributed by atoms with van der Waals surface area (Å²) in [6.45, 7) is 4.68. The molecule has 1 aliphatic carbocycles. The maximum Gasteiger partial charge on any atom is 0.134 e. The molecule has 0 amide bonds. The van der Waals surface area contributed by atoms with Crippen LogP contribution in [0.1, 0.15) is 26.7 Å². The third-order valence-electron chi connectivity index (χ3n) is 4.76. The van der Waals surface area contributed by atoms with E-state index in [1.165, 1.54) is 23.6 Å². The van der Waals surface area contributed by atoms with E-state index in [9.17, 15) is 0 Å². The highest BCUT2D eigenvalue weighted by molar-refractivity contribution is 5.92. The number of nitrogens with zero attached hydrogens (tertiary/aromatic N) is 1. The summed E-state index contributed by atoms with van der Waals surface area (Å²) in [6.07, 6.45) is 4.40. The average Bonchev–Trinajstić information content (AvgIpc) is 2.79. The zero-order valence-corrected chi connectivity index (χ0v) is 12.4. The predicted octanol–water partition coefficient (Wildman–Crippen LogP) is 4.09. The Kier molecular flexibility index (Phi) is 3.51. The van der Waals surface area contributed by atoms with Gasteiger partial charge in [0.2, 0.25) is 0 Å². The van der Waals surface area contributed by atoms with Crippen LogP contribution in [0.2, 0.25) is 0 Å². The Morgan fingerprint density at radius 1 is 1.20 bits per heavy atom. The summed E-state index contributed by atoms with van der Waals surface area (Å²) in [4.78, 5) is 4.53. The standard InChI is InChI=1S/C17H22N2O/c1-11-4-7-16(12(11)2)19-17-15-6-5-14(20-3)10-13(15)8-9-18-17/h5-6,8-12,16H,4,7H2,1-3H3,(H,18,19).